The first-order valence-electron chi connectivity index (χ1n) is 10.9. The third-order valence-electron chi connectivity index (χ3n) is 6.17. The van der Waals surface area contributed by atoms with E-state index in [-0.39, 0.29) is 0 Å². The van der Waals surface area contributed by atoms with Crippen LogP contribution in [0.1, 0.15) is 50.2 Å². The molecule has 1 aromatic rings. The van der Waals surface area contributed by atoms with Crippen molar-refractivity contribution in [3.63, 3.8) is 0 Å². The highest BCUT2D eigenvalue weighted by molar-refractivity contribution is 5.80. The van der Waals surface area contributed by atoms with E-state index in [4.69, 9.17) is 9.73 Å². The lowest BCUT2D eigenvalue weighted by atomic mass is 10.1. The van der Waals surface area contributed by atoms with E-state index in [1.807, 2.05) is 0 Å². The summed E-state index contributed by atoms with van der Waals surface area (Å²) in [6, 6.07) is 7.94. The van der Waals surface area contributed by atoms with Gasteiger partial charge in [0.25, 0.3) is 0 Å². The molecule has 1 atom stereocenters. The van der Waals surface area contributed by atoms with Crippen LogP contribution in [0.2, 0.25) is 0 Å². The minimum absolute atomic E-state index is 0.528. The number of aliphatic imine (C=N–C) groups is 1. The van der Waals surface area contributed by atoms with Gasteiger partial charge in [-0.25, -0.2) is 0 Å². The molecule has 0 radical (unpaired) electrons. The van der Waals surface area contributed by atoms with E-state index in [9.17, 15) is 0 Å². The quantitative estimate of drug-likeness (QED) is 0.597. The van der Waals surface area contributed by atoms with Gasteiger partial charge in [0.05, 0.1) is 6.61 Å². The van der Waals surface area contributed by atoms with Gasteiger partial charge in [0, 0.05) is 44.7 Å². The van der Waals surface area contributed by atoms with Crippen molar-refractivity contribution in [2.24, 2.45) is 4.99 Å². The SMILES string of the molecule is CCNC(=NCCc1ccc2c(c1)CCO2)NC1CCN(C2CCCC2)C1. The fourth-order valence-corrected chi connectivity index (χ4v) is 4.71. The third kappa shape index (κ3) is 4.75. The maximum atomic E-state index is 5.60. The van der Waals surface area contributed by atoms with Gasteiger partial charge in [-0.15, -0.1) is 0 Å². The molecule has 2 fully saturated rings. The van der Waals surface area contributed by atoms with E-state index in [0.29, 0.717) is 6.04 Å². The van der Waals surface area contributed by atoms with Gasteiger partial charge in [-0.3, -0.25) is 9.89 Å². The predicted octanol–water partition coefficient (Wildman–Crippen LogP) is 2.74. The second-order valence-electron chi connectivity index (χ2n) is 8.11. The van der Waals surface area contributed by atoms with Crippen LogP contribution in [-0.4, -0.2) is 55.7 Å². The number of hydrogen-bond acceptors (Lipinski definition) is 3. The van der Waals surface area contributed by atoms with Gasteiger partial charge in [-0.2, -0.15) is 0 Å². The zero-order valence-electron chi connectivity index (χ0n) is 16.7. The standard InChI is InChI=1S/C22H34N4O/c1-2-23-22(25-19-10-13-26(16-19)20-5-3-4-6-20)24-12-9-17-7-8-21-18(15-17)11-14-27-21/h7-8,15,19-20H,2-6,9-14,16H2,1H3,(H2,23,24,25). The average molecular weight is 371 g/mol. The first-order chi connectivity index (χ1) is 13.3. The summed E-state index contributed by atoms with van der Waals surface area (Å²) in [5, 5.41) is 7.10. The van der Waals surface area contributed by atoms with Crippen molar-refractivity contribution in [3.05, 3.63) is 29.3 Å². The van der Waals surface area contributed by atoms with E-state index in [0.717, 1.165) is 50.3 Å². The van der Waals surface area contributed by atoms with Gasteiger partial charge in [-0.1, -0.05) is 25.0 Å². The summed E-state index contributed by atoms with van der Waals surface area (Å²) in [6.07, 6.45) is 8.86. The molecule has 0 amide bonds. The molecular weight excluding hydrogens is 336 g/mol. The molecule has 148 valence electrons. The van der Waals surface area contributed by atoms with Gasteiger partial charge in [0.1, 0.15) is 5.75 Å². The monoisotopic (exact) mass is 370 g/mol. The number of benzene rings is 1. The Morgan fingerprint density at radius 1 is 1.26 bits per heavy atom. The molecule has 2 aliphatic heterocycles. The lowest BCUT2D eigenvalue weighted by Gasteiger charge is -2.24. The molecule has 1 aromatic carbocycles. The Bertz CT molecular complexity index is 654. The number of likely N-dealkylation sites (tertiary alicyclic amines) is 1. The average Bonchev–Trinajstić information content (AvgIpc) is 3.42. The molecule has 27 heavy (non-hydrogen) atoms. The number of nitrogens with one attached hydrogen (secondary N) is 2. The van der Waals surface area contributed by atoms with E-state index in [1.54, 1.807) is 0 Å². The Labute approximate surface area is 163 Å². The van der Waals surface area contributed by atoms with Crippen LogP contribution in [0.5, 0.6) is 5.75 Å². The summed E-state index contributed by atoms with van der Waals surface area (Å²) in [5.74, 6) is 2.03. The van der Waals surface area contributed by atoms with Crippen molar-refractivity contribution < 1.29 is 4.74 Å². The Kier molecular flexibility index (Phi) is 6.17. The summed E-state index contributed by atoms with van der Waals surface area (Å²) >= 11 is 0. The van der Waals surface area contributed by atoms with Crippen LogP contribution in [0.3, 0.4) is 0 Å². The topological polar surface area (TPSA) is 48.9 Å². The Hall–Kier alpha value is -1.75. The zero-order valence-corrected chi connectivity index (χ0v) is 16.7. The molecule has 1 unspecified atom stereocenters. The van der Waals surface area contributed by atoms with Crippen LogP contribution in [0.15, 0.2) is 23.2 Å². The Balaban J connectivity index is 1.28. The maximum absolute atomic E-state index is 5.60. The first-order valence-corrected chi connectivity index (χ1v) is 10.9. The van der Waals surface area contributed by atoms with Gasteiger partial charge in [-0.05, 0) is 49.8 Å². The van der Waals surface area contributed by atoms with Crippen molar-refractivity contribution in [2.75, 3.05) is 32.8 Å². The summed E-state index contributed by atoms with van der Waals surface area (Å²) in [6.45, 7) is 7.08. The number of ether oxygens (including phenoxy) is 1. The molecule has 5 nitrogen and oxygen atoms in total. The number of guanidine groups is 1. The fourth-order valence-electron chi connectivity index (χ4n) is 4.71. The normalized spacial score (nSPS) is 23.4. The Morgan fingerprint density at radius 2 is 2.15 bits per heavy atom. The molecular formula is C22H34N4O. The molecule has 2 N–H and O–H groups in total. The summed E-state index contributed by atoms with van der Waals surface area (Å²) in [5.41, 5.74) is 2.70. The molecule has 1 aliphatic carbocycles. The van der Waals surface area contributed by atoms with E-state index >= 15 is 0 Å². The van der Waals surface area contributed by atoms with Gasteiger partial charge in [0.2, 0.25) is 0 Å². The van der Waals surface area contributed by atoms with Crippen LogP contribution in [0, 0.1) is 0 Å². The highest BCUT2D eigenvalue weighted by Gasteiger charge is 2.30. The van der Waals surface area contributed by atoms with Gasteiger partial charge < -0.3 is 15.4 Å². The van der Waals surface area contributed by atoms with Crippen LogP contribution in [-0.2, 0) is 12.8 Å². The smallest absolute Gasteiger partial charge is 0.191 e. The van der Waals surface area contributed by atoms with Crippen LogP contribution >= 0.6 is 0 Å². The maximum Gasteiger partial charge on any atom is 0.191 e. The minimum Gasteiger partial charge on any atom is -0.493 e. The van der Waals surface area contributed by atoms with Crippen molar-refractivity contribution in [2.45, 2.75) is 64.0 Å². The summed E-state index contributed by atoms with van der Waals surface area (Å²) in [7, 11) is 0. The highest BCUT2D eigenvalue weighted by atomic mass is 16.5. The first kappa shape index (κ1) is 18.6. The van der Waals surface area contributed by atoms with Gasteiger partial charge in [0.15, 0.2) is 5.96 Å². The lowest BCUT2D eigenvalue weighted by molar-refractivity contribution is 0.242. The van der Waals surface area contributed by atoms with E-state index in [2.05, 4.69) is 40.7 Å². The van der Waals surface area contributed by atoms with Crippen LogP contribution < -0.4 is 15.4 Å². The van der Waals surface area contributed by atoms with Crippen LogP contribution in [0.25, 0.3) is 0 Å². The van der Waals surface area contributed by atoms with E-state index in [1.165, 1.54) is 56.3 Å². The highest BCUT2D eigenvalue weighted by Crippen LogP contribution is 2.27. The lowest BCUT2D eigenvalue weighted by Crippen LogP contribution is -2.45. The molecule has 0 bridgehead atoms. The number of hydrogen-bond donors (Lipinski definition) is 2. The second-order valence-corrected chi connectivity index (χ2v) is 8.11. The Morgan fingerprint density at radius 3 is 3.00 bits per heavy atom. The number of rotatable bonds is 6. The predicted molar refractivity (Wildman–Crippen MR) is 111 cm³/mol. The molecule has 0 spiro atoms. The number of fused-ring (bicyclic) bond motifs is 1. The molecule has 3 aliphatic rings. The van der Waals surface area contributed by atoms with Crippen molar-refractivity contribution in [1.29, 1.82) is 0 Å². The minimum atomic E-state index is 0.528. The zero-order chi connectivity index (χ0) is 18.5. The van der Waals surface area contributed by atoms with Crippen LogP contribution in [0.4, 0.5) is 0 Å². The second kappa shape index (κ2) is 8.96. The molecule has 1 saturated carbocycles. The third-order valence-corrected chi connectivity index (χ3v) is 6.17. The largest absolute Gasteiger partial charge is 0.493 e. The fraction of sp³-hybridized carbons (Fsp3) is 0.682. The van der Waals surface area contributed by atoms with Crippen molar-refractivity contribution >= 4 is 5.96 Å². The van der Waals surface area contributed by atoms with E-state index < -0.39 is 0 Å². The molecule has 2 heterocycles. The number of nitrogens with zero attached hydrogens (tertiary/aromatic N) is 2. The molecule has 1 saturated heterocycles. The molecule has 4 rings (SSSR count). The van der Waals surface area contributed by atoms with Gasteiger partial charge >= 0.3 is 0 Å². The van der Waals surface area contributed by atoms with Crippen molar-refractivity contribution in [3.8, 4) is 5.75 Å². The molecule has 0 aromatic heterocycles. The van der Waals surface area contributed by atoms with Crippen molar-refractivity contribution in [1.82, 2.24) is 15.5 Å². The molecule has 5 heteroatoms. The summed E-state index contributed by atoms with van der Waals surface area (Å²) < 4.78 is 5.60. The summed E-state index contributed by atoms with van der Waals surface area (Å²) in [4.78, 5) is 7.53.